The van der Waals surface area contributed by atoms with Crippen LogP contribution in [0.15, 0.2) is 33.3 Å². The predicted octanol–water partition coefficient (Wildman–Crippen LogP) is 3.08. The molecule has 90 valence electrons. The number of aromatic nitrogens is 2. The highest BCUT2D eigenvalue weighted by Crippen LogP contribution is 2.24. The molecule has 4 nitrogen and oxygen atoms in total. The Bertz CT molecular complexity index is 522. The van der Waals surface area contributed by atoms with Gasteiger partial charge in [0.15, 0.2) is 5.82 Å². The van der Waals surface area contributed by atoms with Crippen molar-refractivity contribution in [2.24, 2.45) is 5.73 Å². The van der Waals surface area contributed by atoms with Gasteiger partial charge >= 0.3 is 0 Å². The lowest BCUT2D eigenvalue weighted by Gasteiger charge is -2.16. The Kier molecular flexibility index (Phi) is 3.31. The van der Waals surface area contributed by atoms with Crippen molar-refractivity contribution in [3.05, 3.63) is 34.6 Å². The molecular weight excluding hydrogens is 282 g/mol. The molecule has 0 radical (unpaired) electrons. The minimum Gasteiger partial charge on any atom is -0.334 e. The highest BCUT2D eigenvalue weighted by Gasteiger charge is 2.25. The van der Waals surface area contributed by atoms with E-state index in [0.29, 0.717) is 11.7 Å². The average molecular weight is 296 g/mol. The molecule has 17 heavy (non-hydrogen) atoms. The van der Waals surface area contributed by atoms with Crippen LogP contribution in [0.3, 0.4) is 0 Å². The number of nitrogens with two attached hydrogens (primary N) is 1. The molecule has 2 N–H and O–H groups in total. The van der Waals surface area contributed by atoms with Gasteiger partial charge in [0.25, 0.3) is 5.89 Å². The summed E-state index contributed by atoms with van der Waals surface area (Å²) >= 11 is 3.40. The van der Waals surface area contributed by atoms with Crippen LogP contribution < -0.4 is 5.73 Å². The topological polar surface area (TPSA) is 64.9 Å². The summed E-state index contributed by atoms with van der Waals surface area (Å²) in [6.07, 6.45) is 0.754. The highest BCUT2D eigenvalue weighted by atomic mass is 79.9. The van der Waals surface area contributed by atoms with Crippen LogP contribution in [0.4, 0.5) is 0 Å². The van der Waals surface area contributed by atoms with Crippen LogP contribution >= 0.6 is 15.9 Å². The van der Waals surface area contributed by atoms with Gasteiger partial charge < -0.3 is 10.3 Å². The summed E-state index contributed by atoms with van der Waals surface area (Å²) < 4.78 is 6.20. The first kappa shape index (κ1) is 12.3. The molecule has 1 unspecified atom stereocenters. The van der Waals surface area contributed by atoms with Gasteiger partial charge in [0.1, 0.15) is 0 Å². The largest absolute Gasteiger partial charge is 0.334 e. The number of rotatable bonds is 3. The fourth-order valence-corrected chi connectivity index (χ4v) is 1.75. The van der Waals surface area contributed by atoms with Crippen LogP contribution in [0.5, 0.6) is 0 Å². The van der Waals surface area contributed by atoms with Crippen molar-refractivity contribution in [2.45, 2.75) is 25.8 Å². The number of halogens is 1. The van der Waals surface area contributed by atoms with Gasteiger partial charge in [-0.2, -0.15) is 4.98 Å². The van der Waals surface area contributed by atoms with Gasteiger partial charge in [-0.05, 0) is 31.5 Å². The Morgan fingerprint density at radius 1 is 1.47 bits per heavy atom. The molecule has 2 aromatic rings. The van der Waals surface area contributed by atoms with Gasteiger partial charge in [-0.15, -0.1) is 0 Å². The summed E-state index contributed by atoms with van der Waals surface area (Å²) in [5, 5.41) is 3.94. The van der Waals surface area contributed by atoms with E-state index in [2.05, 4.69) is 26.1 Å². The zero-order valence-electron chi connectivity index (χ0n) is 9.77. The molecule has 0 aliphatic heterocycles. The normalized spacial score (nSPS) is 14.6. The van der Waals surface area contributed by atoms with Crippen LogP contribution in [-0.2, 0) is 5.54 Å². The van der Waals surface area contributed by atoms with E-state index in [4.69, 9.17) is 10.3 Å². The van der Waals surface area contributed by atoms with Gasteiger partial charge in [-0.3, -0.25) is 0 Å². The maximum absolute atomic E-state index is 6.06. The molecular formula is C12H14BrN3O. The van der Waals surface area contributed by atoms with E-state index in [0.717, 1.165) is 16.5 Å². The zero-order chi connectivity index (χ0) is 12.5. The van der Waals surface area contributed by atoms with Crippen molar-refractivity contribution in [1.29, 1.82) is 0 Å². The second-order valence-electron chi connectivity index (χ2n) is 4.20. The van der Waals surface area contributed by atoms with E-state index >= 15 is 0 Å². The summed E-state index contributed by atoms with van der Waals surface area (Å²) in [5.41, 5.74) is 6.40. The van der Waals surface area contributed by atoms with Crippen molar-refractivity contribution in [3.8, 4) is 11.5 Å². The average Bonchev–Trinajstić information content (AvgIpc) is 2.79. The van der Waals surface area contributed by atoms with E-state index in [1.165, 1.54) is 0 Å². The van der Waals surface area contributed by atoms with Crippen molar-refractivity contribution in [2.75, 3.05) is 0 Å². The lowest BCUT2D eigenvalue weighted by Crippen LogP contribution is -2.33. The quantitative estimate of drug-likeness (QED) is 0.945. The van der Waals surface area contributed by atoms with Crippen molar-refractivity contribution < 1.29 is 4.52 Å². The van der Waals surface area contributed by atoms with E-state index in [-0.39, 0.29) is 0 Å². The lowest BCUT2D eigenvalue weighted by molar-refractivity contribution is 0.379. The van der Waals surface area contributed by atoms with Gasteiger partial charge in [0.2, 0.25) is 0 Å². The second kappa shape index (κ2) is 4.58. The van der Waals surface area contributed by atoms with Crippen molar-refractivity contribution in [3.63, 3.8) is 0 Å². The van der Waals surface area contributed by atoms with Gasteiger partial charge in [0, 0.05) is 10.0 Å². The predicted molar refractivity (Wildman–Crippen MR) is 69.3 cm³/mol. The molecule has 0 amide bonds. The van der Waals surface area contributed by atoms with Crippen LogP contribution in [0.2, 0.25) is 0 Å². The van der Waals surface area contributed by atoms with Crippen LogP contribution in [0, 0.1) is 0 Å². The monoisotopic (exact) mass is 295 g/mol. The third-order valence-electron chi connectivity index (χ3n) is 2.74. The summed E-state index contributed by atoms with van der Waals surface area (Å²) in [4.78, 5) is 4.34. The smallest absolute Gasteiger partial charge is 0.258 e. The first-order chi connectivity index (χ1) is 8.03. The molecule has 0 aliphatic rings. The maximum Gasteiger partial charge on any atom is 0.258 e. The number of hydrogen-bond donors (Lipinski definition) is 1. The van der Waals surface area contributed by atoms with E-state index in [1.807, 2.05) is 38.1 Å². The van der Waals surface area contributed by atoms with Crippen LogP contribution in [0.1, 0.15) is 26.1 Å². The van der Waals surface area contributed by atoms with Gasteiger partial charge in [-0.1, -0.05) is 34.1 Å². The van der Waals surface area contributed by atoms with Crippen molar-refractivity contribution in [1.82, 2.24) is 10.1 Å². The first-order valence-electron chi connectivity index (χ1n) is 5.42. The van der Waals surface area contributed by atoms with Crippen LogP contribution in [-0.4, -0.2) is 10.1 Å². The molecule has 0 spiro atoms. The third-order valence-corrected chi connectivity index (χ3v) is 3.24. The molecule has 0 saturated heterocycles. The molecule has 0 bridgehead atoms. The van der Waals surface area contributed by atoms with Gasteiger partial charge in [0.05, 0.1) is 5.54 Å². The molecule has 1 atom stereocenters. The zero-order valence-corrected chi connectivity index (χ0v) is 11.4. The number of benzene rings is 1. The molecule has 5 heteroatoms. The van der Waals surface area contributed by atoms with Crippen molar-refractivity contribution >= 4 is 15.9 Å². The standard InChI is InChI=1S/C12H14BrN3O/c1-3-12(2,14)11-15-10(17-16-11)8-5-4-6-9(13)7-8/h4-7H,3,14H2,1-2H3. The Morgan fingerprint density at radius 2 is 2.24 bits per heavy atom. The molecule has 1 heterocycles. The second-order valence-corrected chi connectivity index (χ2v) is 5.12. The lowest BCUT2D eigenvalue weighted by atomic mass is 10.0. The molecule has 0 fully saturated rings. The Balaban J connectivity index is 2.36. The minimum absolute atomic E-state index is 0.492. The third kappa shape index (κ3) is 2.56. The molecule has 0 aliphatic carbocycles. The SMILES string of the molecule is CCC(C)(N)c1noc(-c2cccc(Br)c2)n1. The summed E-state index contributed by atoms with van der Waals surface area (Å²) in [6.45, 7) is 3.89. The summed E-state index contributed by atoms with van der Waals surface area (Å²) in [6, 6.07) is 7.71. The Morgan fingerprint density at radius 3 is 2.88 bits per heavy atom. The minimum atomic E-state index is -0.548. The van der Waals surface area contributed by atoms with E-state index in [9.17, 15) is 0 Å². The molecule has 1 aromatic carbocycles. The molecule has 1 aromatic heterocycles. The highest BCUT2D eigenvalue weighted by molar-refractivity contribution is 9.10. The summed E-state index contributed by atoms with van der Waals surface area (Å²) in [7, 11) is 0. The Labute approximate surface area is 108 Å². The fraction of sp³-hybridized carbons (Fsp3) is 0.333. The molecule has 2 rings (SSSR count). The number of hydrogen-bond acceptors (Lipinski definition) is 4. The fourth-order valence-electron chi connectivity index (χ4n) is 1.35. The van der Waals surface area contributed by atoms with E-state index < -0.39 is 5.54 Å². The van der Waals surface area contributed by atoms with Crippen LogP contribution in [0.25, 0.3) is 11.5 Å². The summed E-state index contributed by atoms with van der Waals surface area (Å²) in [5.74, 6) is 1.03. The molecule has 0 saturated carbocycles. The van der Waals surface area contributed by atoms with Gasteiger partial charge in [-0.25, -0.2) is 0 Å². The van der Waals surface area contributed by atoms with E-state index in [1.54, 1.807) is 0 Å². The first-order valence-corrected chi connectivity index (χ1v) is 6.21. The maximum atomic E-state index is 6.06. The Hall–Kier alpha value is -1.20. The number of nitrogens with zero attached hydrogens (tertiary/aromatic N) is 2.